The van der Waals surface area contributed by atoms with Gasteiger partial charge in [0.05, 0.1) is 0 Å². The second-order valence-corrected chi connectivity index (χ2v) is 6.75. The van der Waals surface area contributed by atoms with E-state index in [2.05, 4.69) is 0 Å². The van der Waals surface area contributed by atoms with Crippen molar-refractivity contribution >= 4 is 11.6 Å². The Labute approximate surface area is 132 Å². The van der Waals surface area contributed by atoms with E-state index in [-0.39, 0.29) is 24.0 Å². The maximum Gasteiger partial charge on any atom is 0.173 e. The van der Waals surface area contributed by atoms with E-state index in [0.29, 0.717) is 17.6 Å². The van der Waals surface area contributed by atoms with E-state index in [9.17, 15) is 14.7 Å². The van der Waals surface area contributed by atoms with Crippen LogP contribution in [0.2, 0.25) is 0 Å². The molecule has 0 amide bonds. The summed E-state index contributed by atoms with van der Waals surface area (Å²) in [5, 5.41) is 10.9. The summed E-state index contributed by atoms with van der Waals surface area (Å²) in [4.78, 5) is 28.1. The van der Waals surface area contributed by atoms with Gasteiger partial charge >= 0.3 is 0 Å². The molecule has 0 aliphatic carbocycles. The Bertz CT molecular complexity index is 531. The summed E-state index contributed by atoms with van der Waals surface area (Å²) < 4.78 is 0. The highest BCUT2D eigenvalue weighted by atomic mass is 16.3. The minimum atomic E-state index is -1.15. The van der Waals surface area contributed by atoms with Gasteiger partial charge in [-0.05, 0) is 65.2 Å². The molecule has 2 aliphatic rings. The van der Waals surface area contributed by atoms with E-state index in [0.717, 1.165) is 12.8 Å². The molecule has 3 atom stereocenters. The molecular formula is C18H27NO3. The minimum Gasteiger partial charge on any atom is -0.376 e. The van der Waals surface area contributed by atoms with Crippen LogP contribution in [-0.2, 0) is 9.59 Å². The molecule has 2 fully saturated rings. The Morgan fingerprint density at radius 3 is 2.05 bits per heavy atom. The normalized spacial score (nSPS) is 36.5. The van der Waals surface area contributed by atoms with Gasteiger partial charge in [-0.15, -0.1) is 0 Å². The molecular weight excluding hydrogens is 278 g/mol. The Hall–Kier alpha value is -1.26. The van der Waals surface area contributed by atoms with Crippen molar-refractivity contribution in [3.05, 3.63) is 23.3 Å². The number of nitrogens with zero attached hydrogens (tertiary/aromatic N) is 1. The van der Waals surface area contributed by atoms with E-state index in [4.69, 9.17) is 0 Å². The molecule has 4 nitrogen and oxygen atoms in total. The lowest BCUT2D eigenvalue weighted by Crippen LogP contribution is -2.52. The summed E-state index contributed by atoms with van der Waals surface area (Å²) >= 11 is 0. The average molecular weight is 305 g/mol. The Kier molecular flexibility index (Phi) is 4.46. The molecule has 0 aromatic carbocycles. The molecule has 0 radical (unpaired) electrons. The van der Waals surface area contributed by atoms with Crippen LogP contribution < -0.4 is 0 Å². The fourth-order valence-electron chi connectivity index (χ4n) is 4.13. The molecule has 0 saturated carbocycles. The summed E-state index contributed by atoms with van der Waals surface area (Å²) in [5.74, 6) is -0.258. The van der Waals surface area contributed by atoms with Gasteiger partial charge in [-0.1, -0.05) is 12.2 Å². The zero-order valence-corrected chi connectivity index (χ0v) is 14.3. The first-order valence-corrected chi connectivity index (χ1v) is 8.05. The molecule has 1 N–H and O–H groups in total. The second-order valence-electron chi connectivity index (χ2n) is 6.75. The van der Waals surface area contributed by atoms with Crippen molar-refractivity contribution in [3.63, 3.8) is 0 Å². The maximum atomic E-state index is 13.1. The Balaban J connectivity index is 2.63. The molecule has 0 spiro atoms. The van der Waals surface area contributed by atoms with Crippen LogP contribution in [-0.4, -0.2) is 40.4 Å². The third-order valence-corrected chi connectivity index (χ3v) is 5.70. The number of hydrogen-bond donors (Lipinski definition) is 1. The molecule has 4 heteroatoms. The number of ketones is 2. The van der Waals surface area contributed by atoms with Gasteiger partial charge in [0, 0.05) is 12.5 Å². The van der Waals surface area contributed by atoms with Crippen LogP contribution in [0.4, 0.5) is 0 Å². The first-order chi connectivity index (χ1) is 10.2. The largest absolute Gasteiger partial charge is 0.376 e. The molecule has 0 aromatic heterocycles. The number of carbonyl (C=O) groups excluding carboxylic acids is 2. The summed E-state index contributed by atoms with van der Waals surface area (Å²) in [7, 11) is 1.84. The van der Waals surface area contributed by atoms with E-state index >= 15 is 0 Å². The smallest absolute Gasteiger partial charge is 0.173 e. The number of hydrogen-bond acceptors (Lipinski definition) is 4. The number of aliphatic hydroxyl groups is 1. The quantitative estimate of drug-likeness (QED) is 0.641. The lowest BCUT2D eigenvalue weighted by molar-refractivity contribution is -0.138. The van der Waals surface area contributed by atoms with Crippen molar-refractivity contribution in [2.75, 3.05) is 7.05 Å². The SMILES string of the molecule is C/C=C(/C)C(=O)C1(C(=O)/C(C)=C/C)CC2(O)CCCC1N2C. The average Bonchev–Trinajstić information content (AvgIpc) is 2.65. The molecule has 0 aromatic rings. The summed E-state index contributed by atoms with van der Waals surface area (Å²) in [5.41, 5.74) is -0.993. The predicted octanol–water partition coefficient (Wildman–Crippen LogP) is 2.62. The van der Waals surface area contributed by atoms with E-state index < -0.39 is 11.1 Å². The van der Waals surface area contributed by atoms with Gasteiger partial charge in [0.25, 0.3) is 0 Å². The third kappa shape index (κ3) is 2.20. The van der Waals surface area contributed by atoms with Gasteiger partial charge in [-0.2, -0.15) is 0 Å². The number of piperidine rings is 1. The fourth-order valence-corrected chi connectivity index (χ4v) is 4.13. The number of allylic oxidation sites excluding steroid dienone is 4. The fraction of sp³-hybridized carbons (Fsp3) is 0.667. The van der Waals surface area contributed by atoms with Crippen molar-refractivity contribution in [2.45, 2.75) is 65.1 Å². The maximum absolute atomic E-state index is 13.1. The van der Waals surface area contributed by atoms with Gasteiger partial charge in [0.2, 0.25) is 0 Å². The summed E-state index contributed by atoms with van der Waals surface area (Å²) in [6.07, 6.45) is 5.95. The first-order valence-electron chi connectivity index (χ1n) is 8.05. The predicted molar refractivity (Wildman–Crippen MR) is 86.3 cm³/mol. The van der Waals surface area contributed by atoms with Gasteiger partial charge in [0.15, 0.2) is 11.6 Å². The molecule has 2 rings (SSSR count). The molecule has 2 bridgehead atoms. The highest BCUT2D eigenvalue weighted by molar-refractivity contribution is 6.20. The third-order valence-electron chi connectivity index (χ3n) is 5.70. The monoisotopic (exact) mass is 305 g/mol. The van der Waals surface area contributed by atoms with E-state index in [1.165, 1.54) is 0 Å². The number of fused-ring (bicyclic) bond motifs is 2. The van der Waals surface area contributed by atoms with Crippen molar-refractivity contribution in [1.82, 2.24) is 4.90 Å². The zero-order valence-electron chi connectivity index (χ0n) is 14.3. The lowest BCUT2D eigenvalue weighted by Gasteiger charge is -2.39. The van der Waals surface area contributed by atoms with Crippen LogP contribution in [0.25, 0.3) is 0 Å². The Morgan fingerprint density at radius 1 is 1.14 bits per heavy atom. The van der Waals surface area contributed by atoms with Gasteiger partial charge in [-0.3, -0.25) is 14.5 Å². The molecule has 3 unspecified atom stereocenters. The van der Waals surface area contributed by atoms with Crippen LogP contribution in [0.5, 0.6) is 0 Å². The number of rotatable bonds is 4. The van der Waals surface area contributed by atoms with E-state index in [1.807, 2.05) is 25.8 Å². The molecule has 122 valence electrons. The van der Waals surface area contributed by atoms with Crippen molar-refractivity contribution < 1.29 is 14.7 Å². The van der Waals surface area contributed by atoms with Crippen molar-refractivity contribution in [3.8, 4) is 0 Å². The van der Waals surface area contributed by atoms with Gasteiger partial charge in [-0.25, -0.2) is 0 Å². The molecule has 22 heavy (non-hydrogen) atoms. The highest BCUT2D eigenvalue weighted by Gasteiger charge is 2.65. The van der Waals surface area contributed by atoms with E-state index in [1.54, 1.807) is 26.0 Å². The van der Waals surface area contributed by atoms with Crippen LogP contribution in [0.3, 0.4) is 0 Å². The van der Waals surface area contributed by atoms with Crippen LogP contribution in [0, 0.1) is 5.41 Å². The van der Waals surface area contributed by atoms with Gasteiger partial charge < -0.3 is 5.11 Å². The second kappa shape index (κ2) is 5.74. The zero-order chi connectivity index (χ0) is 16.7. The highest BCUT2D eigenvalue weighted by Crippen LogP contribution is 2.54. The molecule has 2 heterocycles. The number of carbonyl (C=O) groups is 2. The van der Waals surface area contributed by atoms with Crippen molar-refractivity contribution in [1.29, 1.82) is 0 Å². The lowest BCUT2D eigenvalue weighted by atomic mass is 9.68. The van der Waals surface area contributed by atoms with Crippen LogP contribution in [0.1, 0.15) is 53.4 Å². The van der Waals surface area contributed by atoms with Crippen LogP contribution >= 0.6 is 0 Å². The number of Topliss-reactive ketones (excluding diaryl/α,β-unsaturated/α-hetero) is 2. The van der Waals surface area contributed by atoms with Crippen LogP contribution in [0.15, 0.2) is 23.3 Å². The standard InChI is InChI=1S/C18H27NO3/c1-6-12(3)15(20)18(16(21)13(4)7-2)11-17(22)10-8-9-14(18)19(17)5/h6-7,14,22H,8-11H2,1-5H3/b12-6-,13-7+. The first kappa shape index (κ1) is 17.1. The van der Waals surface area contributed by atoms with Gasteiger partial charge in [0.1, 0.15) is 11.1 Å². The summed E-state index contributed by atoms with van der Waals surface area (Å²) in [6, 6.07) is -0.226. The minimum absolute atomic E-state index is 0.129. The van der Waals surface area contributed by atoms with Crippen molar-refractivity contribution in [2.24, 2.45) is 5.41 Å². The molecule has 2 saturated heterocycles. The molecule has 2 aliphatic heterocycles. The topological polar surface area (TPSA) is 57.6 Å². The summed E-state index contributed by atoms with van der Waals surface area (Å²) in [6.45, 7) is 7.14. The Morgan fingerprint density at radius 2 is 1.64 bits per heavy atom.